The number of nitrogens with one attached hydrogen (secondary N) is 1. The maximum atomic E-state index is 5.52. The van der Waals surface area contributed by atoms with E-state index in [4.69, 9.17) is 17.0 Å². The van der Waals surface area contributed by atoms with Crippen molar-refractivity contribution in [3.63, 3.8) is 0 Å². The van der Waals surface area contributed by atoms with Gasteiger partial charge >= 0.3 is 0 Å². The summed E-state index contributed by atoms with van der Waals surface area (Å²) in [6.07, 6.45) is 1.02. The summed E-state index contributed by atoms with van der Waals surface area (Å²) in [7, 11) is 0. The van der Waals surface area contributed by atoms with Crippen LogP contribution in [0.5, 0.6) is 0 Å². The largest absolute Gasteiger partial charge is 0.381 e. The molecule has 0 aliphatic carbocycles. The standard InChI is InChI=1S/C13H15BrN2OS/c1-8-7-17-5-4-11(8)16-12-6-9(14)2-3-10(12)15-13(16)18/h2-3,6,8,11H,4-5,7H2,1H3,(H,15,18). The third-order valence-corrected chi connectivity index (χ3v) is 4.40. The van der Waals surface area contributed by atoms with Crippen LogP contribution in [0.3, 0.4) is 0 Å². The number of halogens is 1. The van der Waals surface area contributed by atoms with Crippen LogP contribution in [0.2, 0.25) is 0 Å². The van der Waals surface area contributed by atoms with Crippen molar-refractivity contribution in [2.75, 3.05) is 13.2 Å². The summed E-state index contributed by atoms with van der Waals surface area (Å²) in [4.78, 5) is 3.29. The highest BCUT2D eigenvalue weighted by atomic mass is 79.9. The SMILES string of the molecule is CC1COCCC1n1c(=S)[nH]c2ccc(Br)cc21. The number of aromatic nitrogens is 2. The molecule has 1 saturated heterocycles. The van der Waals surface area contributed by atoms with Crippen LogP contribution in [-0.2, 0) is 4.74 Å². The van der Waals surface area contributed by atoms with E-state index in [9.17, 15) is 0 Å². The van der Waals surface area contributed by atoms with Crippen LogP contribution in [0.25, 0.3) is 11.0 Å². The van der Waals surface area contributed by atoms with Crippen molar-refractivity contribution >= 4 is 39.2 Å². The van der Waals surface area contributed by atoms with E-state index in [-0.39, 0.29) is 0 Å². The monoisotopic (exact) mass is 326 g/mol. The van der Waals surface area contributed by atoms with Gasteiger partial charge in [-0.25, -0.2) is 0 Å². The molecule has 18 heavy (non-hydrogen) atoms. The van der Waals surface area contributed by atoms with E-state index in [1.807, 2.05) is 6.07 Å². The zero-order chi connectivity index (χ0) is 12.7. The fraction of sp³-hybridized carbons (Fsp3) is 0.462. The molecule has 2 unspecified atom stereocenters. The lowest BCUT2D eigenvalue weighted by atomic mass is 9.97. The Morgan fingerprint density at radius 2 is 2.33 bits per heavy atom. The lowest BCUT2D eigenvalue weighted by Gasteiger charge is -2.30. The average molecular weight is 327 g/mol. The molecule has 2 heterocycles. The van der Waals surface area contributed by atoms with Crippen LogP contribution in [0, 0.1) is 10.7 Å². The number of benzene rings is 1. The predicted octanol–water partition coefficient (Wildman–Crippen LogP) is 4.06. The molecule has 0 spiro atoms. The van der Waals surface area contributed by atoms with Crippen LogP contribution >= 0.6 is 28.1 Å². The molecule has 1 fully saturated rings. The minimum absolute atomic E-state index is 0.425. The summed E-state index contributed by atoms with van der Waals surface area (Å²) in [6.45, 7) is 3.85. The summed E-state index contributed by atoms with van der Waals surface area (Å²) < 4.78 is 9.66. The number of ether oxygens (including phenoxy) is 1. The molecule has 3 rings (SSSR count). The Hall–Kier alpha value is -0.650. The smallest absolute Gasteiger partial charge is 0.178 e. The van der Waals surface area contributed by atoms with Gasteiger partial charge in [0.1, 0.15) is 0 Å². The molecular weight excluding hydrogens is 312 g/mol. The second kappa shape index (κ2) is 4.79. The molecule has 1 aliphatic rings. The molecule has 0 saturated carbocycles. The second-order valence-electron chi connectivity index (χ2n) is 4.87. The first-order valence-corrected chi connectivity index (χ1v) is 7.34. The van der Waals surface area contributed by atoms with Gasteiger partial charge in [-0.2, -0.15) is 0 Å². The first kappa shape index (κ1) is 12.4. The lowest BCUT2D eigenvalue weighted by molar-refractivity contribution is 0.0294. The molecule has 0 bridgehead atoms. The average Bonchev–Trinajstić information content (AvgIpc) is 2.66. The van der Waals surface area contributed by atoms with Crippen LogP contribution in [0.4, 0.5) is 0 Å². The molecule has 1 aromatic carbocycles. The molecule has 2 aromatic rings. The minimum atomic E-state index is 0.425. The number of fused-ring (bicyclic) bond motifs is 1. The van der Waals surface area contributed by atoms with Gasteiger partial charge in [0.25, 0.3) is 0 Å². The fourth-order valence-corrected chi connectivity index (χ4v) is 3.37. The second-order valence-corrected chi connectivity index (χ2v) is 6.17. The van der Waals surface area contributed by atoms with Gasteiger partial charge in [0.05, 0.1) is 17.6 Å². The Labute approximate surface area is 119 Å². The van der Waals surface area contributed by atoms with Crippen molar-refractivity contribution in [2.24, 2.45) is 5.92 Å². The van der Waals surface area contributed by atoms with Crippen LogP contribution in [0.15, 0.2) is 22.7 Å². The molecule has 5 heteroatoms. The van der Waals surface area contributed by atoms with E-state index in [1.54, 1.807) is 0 Å². The highest BCUT2D eigenvalue weighted by Gasteiger charge is 2.25. The van der Waals surface area contributed by atoms with Gasteiger partial charge in [-0.1, -0.05) is 22.9 Å². The predicted molar refractivity (Wildman–Crippen MR) is 78.5 cm³/mol. The molecule has 96 valence electrons. The number of rotatable bonds is 1. The highest BCUT2D eigenvalue weighted by Crippen LogP contribution is 2.31. The summed E-state index contributed by atoms with van der Waals surface area (Å²) in [5, 5.41) is 0. The highest BCUT2D eigenvalue weighted by molar-refractivity contribution is 9.10. The van der Waals surface area contributed by atoms with E-state index >= 15 is 0 Å². The zero-order valence-electron chi connectivity index (χ0n) is 10.1. The van der Waals surface area contributed by atoms with Crippen molar-refractivity contribution in [1.29, 1.82) is 0 Å². The molecule has 2 atom stereocenters. The lowest BCUT2D eigenvalue weighted by Crippen LogP contribution is -2.28. The normalized spacial score (nSPS) is 24.6. The van der Waals surface area contributed by atoms with Gasteiger partial charge in [-0.15, -0.1) is 0 Å². The van der Waals surface area contributed by atoms with Crippen molar-refractivity contribution in [3.05, 3.63) is 27.4 Å². The van der Waals surface area contributed by atoms with Gasteiger partial charge in [-0.05, 0) is 36.8 Å². The van der Waals surface area contributed by atoms with Gasteiger partial charge < -0.3 is 14.3 Å². The number of hydrogen-bond acceptors (Lipinski definition) is 2. The Morgan fingerprint density at radius 3 is 3.11 bits per heavy atom. The Bertz CT molecular complexity index is 633. The Kier molecular flexibility index (Phi) is 3.30. The van der Waals surface area contributed by atoms with Crippen molar-refractivity contribution < 1.29 is 4.74 Å². The number of H-pyrrole nitrogens is 1. The Morgan fingerprint density at radius 1 is 1.50 bits per heavy atom. The zero-order valence-corrected chi connectivity index (χ0v) is 12.6. The van der Waals surface area contributed by atoms with E-state index in [0.29, 0.717) is 12.0 Å². The topological polar surface area (TPSA) is 29.9 Å². The molecule has 1 N–H and O–H groups in total. The minimum Gasteiger partial charge on any atom is -0.381 e. The van der Waals surface area contributed by atoms with Crippen molar-refractivity contribution in [2.45, 2.75) is 19.4 Å². The number of aromatic amines is 1. The molecule has 0 amide bonds. The molecule has 1 aromatic heterocycles. The summed E-state index contributed by atoms with van der Waals surface area (Å²) in [5.41, 5.74) is 2.27. The quantitative estimate of drug-likeness (QED) is 0.801. The molecule has 3 nitrogen and oxygen atoms in total. The third kappa shape index (κ3) is 2.04. The summed E-state index contributed by atoms with van der Waals surface area (Å²) in [6, 6.07) is 6.65. The van der Waals surface area contributed by atoms with E-state index in [0.717, 1.165) is 34.4 Å². The van der Waals surface area contributed by atoms with Gasteiger partial charge in [0.15, 0.2) is 4.77 Å². The molecule has 0 radical (unpaired) electrons. The number of imidazole rings is 1. The van der Waals surface area contributed by atoms with Crippen LogP contribution in [-0.4, -0.2) is 22.8 Å². The fourth-order valence-electron chi connectivity index (χ4n) is 2.68. The first-order valence-electron chi connectivity index (χ1n) is 6.14. The Balaban J connectivity index is 2.18. The van der Waals surface area contributed by atoms with E-state index in [1.165, 1.54) is 5.52 Å². The van der Waals surface area contributed by atoms with Crippen molar-refractivity contribution in [3.8, 4) is 0 Å². The molecular formula is C13H15BrN2OS. The van der Waals surface area contributed by atoms with E-state index in [2.05, 4.69) is 44.5 Å². The number of hydrogen-bond donors (Lipinski definition) is 1. The maximum Gasteiger partial charge on any atom is 0.178 e. The van der Waals surface area contributed by atoms with Gasteiger partial charge in [0.2, 0.25) is 0 Å². The van der Waals surface area contributed by atoms with Crippen LogP contribution < -0.4 is 0 Å². The maximum absolute atomic E-state index is 5.52. The van der Waals surface area contributed by atoms with Gasteiger partial charge in [0, 0.05) is 23.0 Å². The van der Waals surface area contributed by atoms with E-state index < -0.39 is 0 Å². The van der Waals surface area contributed by atoms with Gasteiger partial charge in [-0.3, -0.25) is 0 Å². The summed E-state index contributed by atoms with van der Waals surface area (Å²) in [5.74, 6) is 0.489. The van der Waals surface area contributed by atoms with Crippen molar-refractivity contribution in [1.82, 2.24) is 9.55 Å². The van der Waals surface area contributed by atoms with Crippen LogP contribution in [0.1, 0.15) is 19.4 Å². The molecule has 1 aliphatic heterocycles. The summed E-state index contributed by atoms with van der Waals surface area (Å²) >= 11 is 9.01. The third-order valence-electron chi connectivity index (χ3n) is 3.61. The number of nitrogens with zero attached hydrogens (tertiary/aromatic N) is 1. The first-order chi connectivity index (χ1) is 8.66.